The van der Waals surface area contributed by atoms with Gasteiger partial charge in [0.15, 0.2) is 11.2 Å². The van der Waals surface area contributed by atoms with Gasteiger partial charge >= 0.3 is 0 Å². The van der Waals surface area contributed by atoms with E-state index in [4.69, 9.17) is 26.1 Å². The van der Waals surface area contributed by atoms with Gasteiger partial charge in [0.2, 0.25) is 5.88 Å². The van der Waals surface area contributed by atoms with Crippen LogP contribution in [0.2, 0.25) is 5.02 Å². The molecule has 1 saturated carbocycles. The van der Waals surface area contributed by atoms with Crippen molar-refractivity contribution < 1.29 is 9.47 Å². The highest BCUT2D eigenvalue weighted by atomic mass is 35.5. The first-order chi connectivity index (χ1) is 18.0. The number of imidazole rings is 1. The topological polar surface area (TPSA) is 90.2 Å². The largest absolute Gasteiger partial charge is 0.492 e. The van der Waals surface area contributed by atoms with E-state index in [1.165, 1.54) is 6.33 Å². The Morgan fingerprint density at radius 3 is 2.73 bits per heavy atom. The summed E-state index contributed by atoms with van der Waals surface area (Å²) in [7, 11) is 0. The SMILES string of the molecule is Cc1csc(Cn2c(-c3ccc(OCCN4CCNCC4)cc3Cl)nc3c(OC4(C)CC4)ncnc32)n1. The van der Waals surface area contributed by atoms with Crippen molar-refractivity contribution in [2.75, 3.05) is 39.3 Å². The summed E-state index contributed by atoms with van der Waals surface area (Å²) in [6.45, 7) is 10.3. The lowest BCUT2D eigenvalue weighted by Gasteiger charge is -2.26. The van der Waals surface area contributed by atoms with E-state index < -0.39 is 0 Å². The van der Waals surface area contributed by atoms with Crippen molar-refractivity contribution in [3.8, 4) is 23.0 Å². The standard InChI is InChI=1S/C26H30ClN7O2S/c1-17-15-37-21(31-17)14-34-23(32-22-24(34)29-16-30-25(22)36-26(2)5-6-26)19-4-3-18(13-20(19)27)35-12-11-33-9-7-28-8-10-33/h3-4,13,15-16,28H,5-12,14H2,1-2H3. The summed E-state index contributed by atoms with van der Waals surface area (Å²) < 4.78 is 14.3. The Morgan fingerprint density at radius 1 is 1.16 bits per heavy atom. The minimum absolute atomic E-state index is 0.182. The van der Waals surface area contributed by atoms with Crippen LogP contribution in [-0.4, -0.2) is 74.3 Å². The van der Waals surface area contributed by atoms with Gasteiger partial charge in [0, 0.05) is 49.4 Å². The van der Waals surface area contributed by atoms with Crippen molar-refractivity contribution in [3.63, 3.8) is 0 Å². The number of hydrogen-bond donors (Lipinski definition) is 1. The third-order valence-corrected chi connectivity index (χ3v) is 8.09. The smallest absolute Gasteiger partial charge is 0.245 e. The Morgan fingerprint density at radius 2 is 2.00 bits per heavy atom. The summed E-state index contributed by atoms with van der Waals surface area (Å²) in [5.74, 6) is 1.95. The van der Waals surface area contributed by atoms with Crippen LogP contribution in [-0.2, 0) is 6.54 Å². The maximum absolute atomic E-state index is 6.82. The number of piperazine rings is 1. The fraction of sp³-hybridized carbons (Fsp3) is 0.462. The van der Waals surface area contributed by atoms with E-state index in [0.717, 1.165) is 67.6 Å². The molecule has 1 aliphatic heterocycles. The molecule has 37 heavy (non-hydrogen) atoms. The number of nitrogens with one attached hydrogen (secondary N) is 1. The number of nitrogens with zero attached hydrogens (tertiary/aromatic N) is 6. The van der Waals surface area contributed by atoms with Crippen LogP contribution in [0.3, 0.4) is 0 Å². The zero-order valence-corrected chi connectivity index (χ0v) is 22.6. The summed E-state index contributed by atoms with van der Waals surface area (Å²) in [5.41, 5.74) is 2.94. The number of thiazole rings is 1. The second-order valence-corrected chi connectivity index (χ2v) is 11.2. The van der Waals surface area contributed by atoms with E-state index in [-0.39, 0.29) is 5.60 Å². The highest BCUT2D eigenvalue weighted by molar-refractivity contribution is 7.09. The monoisotopic (exact) mass is 539 g/mol. The highest BCUT2D eigenvalue weighted by Gasteiger charge is 2.41. The van der Waals surface area contributed by atoms with Crippen molar-refractivity contribution in [2.24, 2.45) is 0 Å². The number of halogens is 1. The number of aryl methyl sites for hydroxylation is 1. The lowest BCUT2D eigenvalue weighted by Crippen LogP contribution is -2.44. The van der Waals surface area contributed by atoms with E-state index in [2.05, 4.69) is 32.1 Å². The second kappa shape index (κ2) is 10.2. The van der Waals surface area contributed by atoms with E-state index in [0.29, 0.717) is 41.0 Å². The summed E-state index contributed by atoms with van der Waals surface area (Å²) in [6.07, 6.45) is 3.55. The van der Waals surface area contributed by atoms with Crippen LogP contribution in [0.1, 0.15) is 30.5 Å². The Bertz CT molecular complexity index is 1410. The lowest BCUT2D eigenvalue weighted by atomic mass is 10.2. The lowest BCUT2D eigenvalue weighted by molar-refractivity contribution is 0.191. The molecule has 0 radical (unpaired) electrons. The molecule has 194 valence electrons. The maximum atomic E-state index is 6.82. The minimum atomic E-state index is -0.182. The van der Waals surface area contributed by atoms with Crippen LogP contribution in [0.15, 0.2) is 29.9 Å². The summed E-state index contributed by atoms with van der Waals surface area (Å²) >= 11 is 8.44. The first-order valence-electron chi connectivity index (χ1n) is 12.6. The summed E-state index contributed by atoms with van der Waals surface area (Å²) in [5, 5.41) is 6.95. The van der Waals surface area contributed by atoms with Crippen molar-refractivity contribution >= 4 is 34.1 Å². The normalized spacial score (nSPS) is 17.3. The van der Waals surface area contributed by atoms with E-state index in [9.17, 15) is 0 Å². The van der Waals surface area contributed by atoms with Crippen LogP contribution >= 0.6 is 22.9 Å². The van der Waals surface area contributed by atoms with Crippen LogP contribution in [0.5, 0.6) is 11.6 Å². The molecule has 1 saturated heterocycles. The van der Waals surface area contributed by atoms with Gasteiger partial charge in [-0.1, -0.05) is 11.6 Å². The summed E-state index contributed by atoms with van der Waals surface area (Å²) in [4.78, 5) is 21.0. The highest BCUT2D eigenvalue weighted by Crippen LogP contribution is 2.41. The van der Waals surface area contributed by atoms with E-state index in [1.807, 2.05) is 35.1 Å². The molecule has 4 aromatic rings. The molecule has 0 unspecified atom stereocenters. The number of hydrogen-bond acceptors (Lipinski definition) is 9. The van der Waals surface area contributed by atoms with Crippen molar-refractivity contribution in [1.82, 2.24) is 34.7 Å². The molecule has 2 aliphatic rings. The van der Waals surface area contributed by atoms with Crippen LogP contribution in [0.4, 0.5) is 0 Å². The van der Waals surface area contributed by atoms with Gasteiger partial charge in [0.25, 0.3) is 0 Å². The molecule has 3 aromatic heterocycles. The third kappa shape index (κ3) is 5.43. The molecule has 1 aliphatic carbocycles. The fourth-order valence-corrected chi connectivity index (χ4v) is 5.48. The number of fused-ring (bicyclic) bond motifs is 1. The molecule has 1 aromatic carbocycles. The molecule has 2 fully saturated rings. The van der Waals surface area contributed by atoms with E-state index in [1.54, 1.807) is 11.3 Å². The van der Waals surface area contributed by atoms with Crippen LogP contribution in [0.25, 0.3) is 22.6 Å². The van der Waals surface area contributed by atoms with Gasteiger partial charge in [-0.3, -0.25) is 4.90 Å². The molecule has 0 bridgehead atoms. The molecule has 0 amide bonds. The third-order valence-electron chi connectivity index (χ3n) is 6.82. The molecule has 4 heterocycles. The fourth-order valence-electron chi connectivity index (χ4n) is 4.46. The quantitative estimate of drug-likeness (QED) is 0.339. The summed E-state index contributed by atoms with van der Waals surface area (Å²) in [6, 6.07) is 5.77. The molecule has 6 rings (SSSR count). The van der Waals surface area contributed by atoms with Gasteiger partial charge < -0.3 is 19.4 Å². The predicted octanol–water partition coefficient (Wildman–Crippen LogP) is 4.18. The van der Waals surface area contributed by atoms with Gasteiger partial charge in [0.05, 0.1) is 11.6 Å². The van der Waals surface area contributed by atoms with Crippen LogP contribution in [0, 0.1) is 6.92 Å². The molecule has 9 nitrogen and oxygen atoms in total. The number of ether oxygens (including phenoxy) is 2. The number of rotatable bonds is 9. The first-order valence-corrected chi connectivity index (χ1v) is 13.9. The van der Waals surface area contributed by atoms with Crippen LogP contribution < -0.4 is 14.8 Å². The number of benzene rings is 1. The molecule has 1 N–H and O–H groups in total. The predicted molar refractivity (Wildman–Crippen MR) is 145 cm³/mol. The van der Waals surface area contributed by atoms with Gasteiger partial charge in [-0.25, -0.2) is 15.0 Å². The molecule has 0 spiro atoms. The van der Waals surface area contributed by atoms with Gasteiger partial charge in [-0.05, 0) is 44.9 Å². The Kier molecular flexibility index (Phi) is 6.74. The number of aromatic nitrogens is 5. The molecular weight excluding hydrogens is 510 g/mol. The van der Waals surface area contributed by atoms with Crippen molar-refractivity contribution in [1.29, 1.82) is 0 Å². The second-order valence-electron chi connectivity index (χ2n) is 9.89. The zero-order valence-electron chi connectivity index (χ0n) is 21.0. The average Bonchev–Trinajstić information content (AvgIpc) is 3.29. The minimum Gasteiger partial charge on any atom is -0.492 e. The Balaban J connectivity index is 1.31. The molecular formula is C26H30ClN7O2S. The maximum Gasteiger partial charge on any atom is 0.245 e. The molecule has 11 heteroatoms. The average molecular weight is 540 g/mol. The first kappa shape index (κ1) is 24.5. The van der Waals surface area contributed by atoms with E-state index >= 15 is 0 Å². The van der Waals surface area contributed by atoms with Crippen molar-refractivity contribution in [3.05, 3.63) is 45.6 Å². The molecule has 0 atom stereocenters. The zero-order chi connectivity index (χ0) is 25.4. The van der Waals surface area contributed by atoms with Gasteiger partial charge in [-0.15, -0.1) is 11.3 Å². The Hall–Kier alpha value is -2.79. The van der Waals surface area contributed by atoms with Gasteiger partial charge in [-0.2, -0.15) is 4.98 Å². The van der Waals surface area contributed by atoms with Crippen molar-refractivity contribution in [2.45, 2.75) is 38.8 Å². The van der Waals surface area contributed by atoms with Gasteiger partial charge in [0.1, 0.15) is 35.1 Å². The Labute approximate surface area is 224 Å².